The van der Waals surface area contributed by atoms with Gasteiger partial charge in [0.2, 0.25) is 0 Å². The summed E-state index contributed by atoms with van der Waals surface area (Å²) in [6.07, 6.45) is 1.67. The molecule has 1 atom stereocenters. The summed E-state index contributed by atoms with van der Waals surface area (Å²) < 4.78 is 6.26. The maximum atomic E-state index is 11.0. The van der Waals surface area contributed by atoms with E-state index < -0.39 is 5.97 Å². The second-order valence-electron chi connectivity index (χ2n) is 3.91. The van der Waals surface area contributed by atoms with Crippen LogP contribution in [0.2, 0.25) is 0 Å². The minimum atomic E-state index is -0.986. The Balaban J connectivity index is 2.62. The molecule has 0 saturated carbocycles. The molecule has 94 valence electrons. The van der Waals surface area contributed by atoms with E-state index >= 15 is 0 Å². The van der Waals surface area contributed by atoms with Crippen molar-refractivity contribution in [3.05, 3.63) is 28.2 Å². The summed E-state index contributed by atoms with van der Waals surface area (Å²) in [7, 11) is 0. The van der Waals surface area contributed by atoms with Crippen molar-refractivity contribution in [2.45, 2.75) is 25.8 Å². The Hall–Kier alpha value is -1.07. The lowest BCUT2D eigenvalue weighted by Gasteiger charge is -2.10. The molecule has 4 nitrogen and oxygen atoms in total. The van der Waals surface area contributed by atoms with Gasteiger partial charge in [0.15, 0.2) is 0 Å². The average Bonchev–Trinajstić information content (AvgIpc) is 2.23. The third-order valence-corrected chi connectivity index (χ3v) is 2.73. The first-order chi connectivity index (χ1) is 8.00. The minimum Gasteiger partial charge on any atom is -0.493 e. The highest BCUT2D eigenvalue weighted by atomic mass is 79.9. The Morgan fingerprint density at radius 1 is 1.59 bits per heavy atom. The fourth-order valence-corrected chi connectivity index (χ4v) is 1.72. The number of carboxylic acids is 1. The molecule has 0 bridgehead atoms. The van der Waals surface area contributed by atoms with Gasteiger partial charge in [-0.25, -0.2) is 4.79 Å². The largest absolute Gasteiger partial charge is 0.493 e. The van der Waals surface area contributed by atoms with Crippen molar-refractivity contribution in [2.75, 3.05) is 6.61 Å². The van der Waals surface area contributed by atoms with E-state index in [0.29, 0.717) is 12.4 Å². The fourth-order valence-electron chi connectivity index (χ4n) is 1.38. The molecule has 0 saturated heterocycles. The summed E-state index contributed by atoms with van der Waals surface area (Å²) in [5.74, 6) is -0.601. The summed E-state index contributed by atoms with van der Waals surface area (Å²) in [6, 6.07) is 5.00. The minimum absolute atomic E-state index is 0.139. The van der Waals surface area contributed by atoms with Crippen LogP contribution < -0.4 is 10.5 Å². The van der Waals surface area contributed by atoms with Crippen molar-refractivity contribution in [1.82, 2.24) is 0 Å². The molecule has 0 radical (unpaired) electrons. The predicted molar refractivity (Wildman–Crippen MR) is 69.5 cm³/mol. The zero-order chi connectivity index (χ0) is 12.8. The van der Waals surface area contributed by atoms with Crippen molar-refractivity contribution in [2.24, 2.45) is 5.73 Å². The third kappa shape index (κ3) is 4.75. The SMILES string of the molecule is CC(N)CCCOc1cc(Br)ccc1C(=O)O. The van der Waals surface area contributed by atoms with E-state index in [1.54, 1.807) is 12.1 Å². The number of hydrogen-bond donors (Lipinski definition) is 2. The summed E-state index contributed by atoms with van der Waals surface area (Å²) >= 11 is 3.28. The number of carbonyl (C=O) groups is 1. The van der Waals surface area contributed by atoms with E-state index in [0.717, 1.165) is 17.3 Å². The number of nitrogens with two attached hydrogens (primary N) is 1. The molecule has 1 unspecified atom stereocenters. The van der Waals surface area contributed by atoms with Crippen LogP contribution in [0.4, 0.5) is 0 Å². The first-order valence-electron chi connectivity index (χ1n) is 5.42. The maximum Gasteiger partial charge on any atom is 0.339 e. The Bertz CT molecular complexity index is 393. The topological polar surface area (TPSA) is 72.5 Å². The lowest BCUT2D eigenvalue weighted by atomic mass is 10.2. The van der Waals surface area contributed by atoms with Gasteiger partial charge < -0.3 is 15.6 Å². The van der Waals surface area contributed by atoms with E-state index in [1.165, 1.54) is 6.07 Å². The molecule has 0 aliphatic heterocycles. The molecule has 0 heterocycles. The average molecular weight is 302 g/mol. The molecule has 0 fully saturated rings. The molecule has 1 aromatic carbocycles. The molecule has 0 aliphatic rings. The van der Waals surface area contributed by atoms with Crippen LogP contribution in [0.5, 0.6) is 5.75 Å². The Kier molecular flexibility index (Phi) is 5.44. The van der Waals surface area contributed by atoms with E-state index in [2.05, 4.69) is 15.9 Å². The Labute approximate surface area is 109 Å². The molecule has 0 aliphatic carbocycles. The number of aromatic carboxylic acids is 1. The van der Waals surface area contributed by atoms with Gasteiger partial charge in [0, 0.05) is 10.5 Å². The van der Waals surface area contributed by atoms with Crippen LogP contribution in [0, 0.1) is 0 Å². The van der Waals surface area contributed by atoms with Crippen LogP contribution in [0.1, 0.15) is 30.1 Å². The number of rotatable bonds is 6. The van der Waals surface area contributed by atoms with Gasteiger partial charge in [-0.1, -0.05) is 15.9 Å². The van der Waals surface area contributed by atoms with Gasteiger partial charge in [0.1, 0.15) is 11.3 Å². The van der Waals surface area contributed by atoms with E-state index in [-0.39, 0.29) is 11.6 Å². The number of halogens is 1. The van der Waals surface area contributed by atoms with Crippen molar-refractivity contribution in [3.8, 4) is 5.75 Å². The number of hydrogen-bond acceptors (Lipinski definition) is 3. The molecule has 5 heteroatoms. The number of benzene rings is 1. The summed E-state index contributed by atoms with van der Waals surface area (Å²) in [5, 5.41) is 8.99. The zero-order valence-corrected chi connectivity index (χ0v) is 11.2. The van der Waals surface area contributed by atoms with Crippen molar-refractivity contribution in [3.63, 3.8) is 0 Å². The molecule has 17 heavy (non-hydrogen) atoms. The van der Waals surface area contributed by atoms with Gasteiger partial charge in [-0.2, -0.15) is 0 Å². The van der Waals surface area contributed by atoms with Crippen molar-refractivity contribution in [1.29, 1.82) is 0 Å². The molecule has 3 N–H and O–H groups in total. The second-order valence-corrected chi connectivity index (χ2v) is 4.83. The standard InChI is InChI=1S/C12H16BrNO3/c1-8(14)3-2-6-17-11-7-9(13)4-5-10(11)12(15)16/h4-5,7-8H,2-3,6,14H2,1H3,(H,15,16). The van der Waals surface area contributed by atoms with Crippen LogP contribution in [0.25, 0.3) is 0 Å². The van der Waals surface area contributed by atoms with E-state index in [4.69, 9.17) is 15.6 Å². The quantitative estimate of drug-likeness (QED) is 0.792. The second kappa shape index (κ2) is 6.61. The predicted octanol–water partition coefficient (Wildman–Crippen LogP) is 2.65. The van der Waals surface area contributed by atoms with Gasteiger partial charge in [0.05, 0.1) is 6.61 Å². The molecular weight excluding hydrogens is 286 g/mol. The molecule has 1 aromatic rings. The first kappa shape index (κ1) is 14.0. The lowest BCUT2D eigenvalue weighted by molar-refractivity contribution is 0.0692. The summed E-state index contributed by atoms with van der Waals surface area (Å²) in [5.41, 5.74) is 5.79. The van der Waals surface area contributed by atoms with Crippen LogP contribution in [0.15, 0.2) is 22.7 Å². The van der Waals surface area contributed by atoms with Crippen LogP contribution in [-0.4, -0.2) is 23.7 Å². The monoisotopic (exact) mass is 301 g/mol. The smallest absolute Gasteiger partial charge is 0.339 e. The van der Waals surface area contributed by atoms with Crippen LogP contribution >= 0.6 is 15.9 Å². The van der Waals surface area contributed by atoms with E-state index in [1.807, 2.05) is 6.92 Å². The normalized spacial score (nSPS) is 12.2. The fraction of sp³-hybridized carbons (Fsp3) is 0.417. The van der Waals surface area contributed by atoms with Gasteiger partial charge in [-0.3, -0.25) is 0 Å². The number of carboxylic acid groups (broad SMARTS) is 1. The molecule has 0 amide bonds. The molecule has 0 aromatic heterocycles. The van der Waals surface area contributed by atoms with Gasteiger partial charge in [-0.15, -0.1) is 0 Å². The maximum absolute atomic E-state index is 11.0. The molecule has 0 spiro atoms. The number of ether oxygens (including phenoxy) is 1. The molecular formula is C12H16BrNO3. The highest BCUT2D eigenvalue weighted by Crippen LogP contribution is 2.24. The summed E-state index contributed by atoms with van der Waals surface area (Å²) in [6.45, 7) is 2.40. The first-order valence-corrected chi connectivity index (χ1v) is 6.21. The van der Waals surface area contributed by atoms with Gasteiger partial charge >= 0.3 is 5.97 Å². The zero-order valence-electron chi connectivity index (χ0n) is 9.65. The highest BCUT2D eigenvalue weighted by molar-refractivity contribution is 9.10. The third-order valence-electron chi connectivity index (χ3n) is 2.24. The van der Waals surface area contributed by atoms with Gasteiger partial charge in [0.25, 0.3) is 0 Å². The lowest BCUT2D eigenvalue weighted by Crippen LogP contribution is -2.15. The van der Waals surface area contributed by atoms with Crippen LogP contribution in [-0.2, 0) is 0 Å². The Morgan fingerprint density at radius 2 is 2.29 bits per heavy atom. The van der Waals surface area contributed by atoms with Crippen molar-refractivity contribution < 1.29 is 14.6 Å². The van der Waals surface area contributed by atoms with Gasteiger partial charge in [-0.05, 0) is 38.0 Å². The summed E-state index contributed by atoms with van der Waals surface area (Å²) in [4.78, 5) is 11.0. The Morgan fingerprint density at radius 3 is 2.88 bits per heavy atom. The van der Waals surface area contributed by atoms with Crippen molar-refractivity contribution >= 4 is 21.9 Å². The van der Waals surface area contributed by atoms with E-state index in [9.17, 15) is 4.79 Å². The molecule has 1 rings (SSSR count). The van der Waals surface area contributed by atoms with Crippen LogP contribution in [0.3, 0.4) is 0 Å². The highest BCUT2D eigenvalue weighted by Gasteiger charge is 2.11.